The maximum atomic E-state index is 12.8. The molecule has 0 spiro atoms. The molecular formula is C25H30ClN3O5. The minimum absolute atomic E-state index is 0.0401. The summed E-state index contributed by atoms with van der Waals surface area (Å²) < 4.78 is 18.4. The van der Waals surface area contributed by atoms with E-state index in [0.29, 0.717) is 17.3 Å². The van der Waals surface area contributed by atoms with Crippen molar-refractivity contribution in [2.24, 2.45) is 0 Å². The van der Waals surface area contributed by atoms with Gasteiger partial charge in [0.15, 0.2) is 11.5 Å². The highest BCUT2D eigenvalue weighted by Crippen LogP contribution is 2.32. The second-order valence-corrected chi connectivity index (χ2v) is 8.91. The second kappa shape index (κ2) is 10.8. The third-order valence-corrected chi connectivity index (χ3v) is 5.45. The molecule has 0 saturated carbocycles. The van der Waals surface area contributed by atoms with Crippen molar-refractivity contribution in [3.05, 3.63) is 63.8 Å². The van der Waals surface area contributed by atoms with Gasteiger partial charge in [0.1, 0.15) is 18.1 Å². The van der Waals surface area contributed by atoms with Crippen LogP contribution in [-0.2, 0) is 17.9 Å². The Balaban J connectivity index is 1.72. The zero-order valence-corrected chi connectivity index (χ0v) is 21.0. The number of ether oxygens (including phenoxy) is 2. The number of hydrogen-bond acceptors (Lipinski definition) is 6. The molecule has 182 valence electrons. The number of hydrogen-bond donors (Lipinski definition) is 1. The van der Waals surface area contributed by atoms with Gasteiger partial charge in [-0.25, -0.2) is 4.79 Å². The number of rotatable bonds is 9. The minimum Gasteiger partial charge on any atom is -0.485 e. The van der Waals surface area contributed by atoms with Gasteiger partial charge < -0.3 is 19.2 Å². The van der Waals surface area contributed by atoms with Gasteiger partial charge in [0, 0.05) is 17.8 Å². The van der Waals surface area contributed by atoms with E-state index in [4.69, 9.17) is 25.5 Å². The Kier molecular flexibility index (Phi) is 8.04. The van der Waals surface area contributed by atoms with Crippen molar-refractivity contribution in [3.8, 4) is 5.75 Å². The van der Waals surface area contributed by atoms with Gasteiger partial charge in [0.2, 0.25) is 0 Å². The van der Waals surface area contributed by atoms with E-state index < -0.39 is 11.9 Å². The predicted octanol–water partition coefficient (Wildman–Crippen LogP) is 5.98. The molecule has 1 aromatic carbocycles. The van der Waals surface area contributed by atoms with E-state index in [1.807, 2.05) is 26.0 Å². The number of aryl methyl sites for hydroxylation is 2. The molecule has 0 fully saturated rings. The van der Waals surface area contributed by atoms with E-state index in [-0.39, 0.29) is 35.8 Å². The van der Waals surface area contributed by atoms with Gasteiger partial charge in [-0.05, 0) is 69.0 Å². The van der Waals surface area contributed by atoms with Gasteiger partial charge in [-0.15, -0.1) is 0 Å². The van der Waals surface area contributed by atoms with Gasteiger partial charge >= 0.3 is 5.97 Å². The first kappa shape index (κ1) is 25.4. The topological polar surface area (TPSA) is 95.6 Å². The summed E-state index contributed by atoms with van der Waals surface area (Å²) in [4.78, 5) is 25.1. The van der Waals surface area contributed by atoms with Crippen molar-refractivity contribution in [1.29, 1.82) is 0 Å². The number of benzene rings is 1. The summed E-state index contributed by atoms with van der Waals surface area (Å²) in [5.41, 5.74) is 2.21. The summed E-state index contributed by atoms with van der Waals surface area (Å²) in [5.74, 6) is 0.403. The summed E-state index contributed by atoms with van der Waals surface area (Å²) in [7, 11) is 0. The van der Waals surface area contributed by atoms with Crippen molar-refractivity contribution in [2.75, 3.05) is 5.32 Å². The Morgan fingerprint density at radius 2 is 1.94 bits per heavy atom. The number of amides is 1. The Morgan fingerprint density at radius 3 is 2.59 bits per heavy atom. The number of nitrogens with zero attached hydrogens (tertiary/aromatic N) is 2. The van der Waals surface area contributed by atoms with Crippen LogP contribution in [0, 0.1) is 6.92 Å². The van der Waals surface area contributed by atoms with Crippen molar-refractivity contribution in [3.63, 3.8) is 0 Å². The van der Waals surface area contributed by atoms with Gasteiger partial charge in [0.25, 0.3) is 5.91 Å². The highest BCUT2D eigenvalue weighted by Gasteiger charge is 2.22. The third kappa shape index (κ3) is 5.99. The molecule has 2 heterocycles. The Hall–Kier alpha value is -3.26. The van der Waals surface area contributed by atoms with Crippen molar-refractivity contribution in [1.82, 2.24) is 9.78 Å². The van der Waals surface area contributed by atoms with Crippen LogP contribution in [0.25, 0.3) is 0 Å². The Morgan fingerprint density at radius 1 is 1.21 bits per heavy atom. The third-order valence-electron chi connectivity index (χ3n) is 5.04. The fourth-order valence-corrected chi connectivity index (χ4v) is 3.42. The molecule has 0 aliphatic rings. The maximum absolute atomic E-state index is 12.8. The van der Waals surface area contributed by atoms with E-state index in [1.165, 1.54) is 0 Å². The van der Waals surface area contributed by atoms with Crippen LogP contribution in [0.15, 0.2) is 34.9 Å². The molecule has 0 atom stereocenters. The monoisotopic (exact) mass is 487 g/mol. The van der Waals surface area contributed by atoms with Gasteiger partial charge in [-0.2, -0.15) is 5.10 Å². The summed E-state index contributed by atoms with van der Waals surface area (Å²) >= 11 is 6.26. The van der Waals surface area contributed by atoms with Gasteiger partial charge in [-0.3, -0.25) is 9.48 Å². The van der Waals surface area contributed by atoms with Crippen LogP contribution in [-0.4, -0.2) is 27.8 Å². The smallest absolute Gasteiger partial charge is 0.361 e. The van der Waals surface area contributed by atoms with Crippen LogP contribution in [0.5, 0.6) is 5.75 Å². The number of furan rings is 1. The van der Waals surface area contributed by atoms with Gasteiger partial charge in [-0.1, -0.05) is 25.4 Å². The molecule has 8 nitrogen and oxygen atoms in total. The van der Waals surface area contributed by atoms with E-state index in [1.54, 1.807) is 36.9 Å². The van der Waals surface area contributed by atoms with Crippen LogP contribution < -0.4 is 10.1 Å². The number of nitrogens with one attached hydrogen (secondary N) is 1. The zero-order valence-electron chi connectivity index (χ0n) is 20.3. The van der Waals surface area contributed by atoms with Crippen LogP contribution in [0.2, 0.25) is 5.02 Å². The number of anilines is 1. The molecule has 0 bridgehead atoms. The molecule has 1 amide bonds. The fourth-order valence-electron chi connectivity index (χ4n) is 3.25. The second-order valence-electron chi connectivity index (χ2n) is 8.50. The molecule has 0 saturated heterocycles. The van der Waals surface area contributed by atoms with E-state index >= 15 is 0 Å². The number of esters is 1. The first-order valence-corrected chi connectivity index (χ1v) is 11.6. The number of aromatic nitrogens is 2. The van der Waals surface area contributed by atoms with E-state index in [0.717, 1.165) is 16.9 Å². The zero-order chi connectivity index (χ0) is 25.0. The highest BCUT2D eigenvalue weighted by molar-refractivity contribution is 6.31. The molecule has 0 aliphatic carbocycles. The molecule has 0 radical (unpaired) electrons. The van der Waals surface area contributed by atoms with Crippen LogP contribution in [0.3, 0.4) is 0 Å². The lowest BCUT2D eigenvalue weighted by Crippen LogP contribution is -2.17. The summed E-state index contributed by atoms with van der Waals surface area (Å²) in [6, 6.07) is 7.05. The SMILES string of the molecule is CCn1cc(NC(=O)c2ccc(COc3cc(C)c(Cl)cc3C(C)C)o2)c(C(=O)OC(C)C)n1. The average molecular weight is 488 g/mol. The summed E-state index contributed by atoms with van der Waals surface area (Å²) in [6.07, 6.45) is 1.27. The largest absolute Gasteiger partial charge is 0.485 e. The minimum atomic E-state index is -0.606. The molecule has 1 N–H and O–H groups in total. The standard InChI is InChI=1S/C25H30ClN3O5/c1-7-29-12-20(23(28-29)25(31)33-15(4)5)27-24(30)21-9-8-17(34-21)13-32-22-10-16(6)19(26)11-18(22)14(2)3/h8-12,14-15H,7,13H2,1-6H3,(H,27,30). The normalized spacial score (nSPS) is 11.2. The van der Waals surface area contributed by atoms with Crippen LogP contribution in [0.4, 0.5) is 5.69 Å². The molecule has 0 aliphatic heterocycles. The highest BCUT2D eigenvalue weighted by atomic mass is 35.5. The fraction of sp³-hybridized carbons (Fsp3) is 0.400. The molecular weight excluding hydrogens is 458 g/mol. The summed E-state index contributed by atoms with van der Waals surface area (Å²) in [5, 5.41) is 7.58. The summed E-state index contributed by atoms with van der Waals surface area (Å²) in [6.45, 7) is 12.1. The van der Waals surface area contributed by atoms with E-state index in [9.17, 15) is 9.59 Å². The number of halogens is 1. The first-order chi connectivity index (χ1) is 16.1. The maximum Gasteiger partial charge on any atom is 0.361 e. The van der Waals surface area contributed by atoms with E-state index in [2.05, 4.69) is 24.3 Å². The molecule has 2 aromatic heterocycles. The molecule has 0 unspecified atom stereocenters. The molecule has 3 aromatic rings. The van der Waals surface area contributed by atoms with Crippen molar-refractivity contribution in [2.45, 2.75) is 66.7 Å². The molecule has 3 rings (SSSR count). The lowest BCUT2D eigenvalue weighted by Gasteiger charge is -2.15. The van der Waals surface area contributed by atoms with Gasteiger partial charge in [0.05, 0.1) is 11.8 Å². The van der Waals surface area contributed by atoms with Crippen LogP contribution in [0.1, 0.15) is 78.5 Å². The molecule has 9 heteroatoms. The Labute approximate surface area is 204 Å². The average Bonchev–Trinajstić information content (AvgIpc) is 3.40. The molecule has 34 heavy (non-hydrogen) atoms. The van der Waals surface area contributed by atoms with Crippen molar-refractivity contribution < 1.29 is 23.5 Å². The lowest BCUT2D eigenvalue weighted by atomic mass is 10.0. The lowest BCUT2D eigenvalue weighted by molar-refractivity contribution is 0.0371. The van der Waals surface area contributed by atoms with Crippen molar-refractivity contribution >= 4 is 29.2 Å². The Bertz CT molecular complexity index is 1180. The number of carbonyl (C=O) groups excluding carboxylic acids is 2. The first-order valence-electron chi connectivity index (χ1n) is 11.2. The van der Waals surface area contributed by atoms with Crippen LogP contribution >= 0.6 is 11.6 Å². The number of carbonyl (C=O) groups is 2. The quantitative estimate of drug-likeness (QED) is 0.373. The predicted molar refractivity (Wildman–Crippen MR) is 130 cm³/mol.